The second kappa shape index (κ2) is 4.44. The molecule has 2 aromatic rings. The zero-order chi connectivity index (χ0) is 11.5. The van der Waals surface area contributed by atoms with Crippen LogP contribution in [0.4, 0.5) is 11.4 Å². The number of rotatable bonds is 3. The summed E-state index contributed by atoms with van der Waals surface area (Å²) < 4.78 is 0. The highest BCUT2D eigenvalue weighted by Gasteiger charge is 2.02. The molecule has 0 spiro atoms. The van der Waals surface area contributed by atoms with Crippen molar-refractivity contribution in [1.29, 1.82) is 0 Å². The quantitative estimate of drug-likeness (QED) is 0.770. The first-order valence-corrected chi connectivity index (χ1v) is 5.78. The van der Waals surface area contributed by atoms with Gasteiger partial charge in [-0.15, -0.1) is 0 Å². The van der Waals surface area contributed by atoms with Crippen LogP contribution in [-0.2, 0) is 6.42 Å². The van der Waals surface area contributed by atoms with E-state index in [0.717, 1.165) is 23.2 Å². The molecule has 84 valence electrons. The molecule has 2 aromatic carbocycles. The van der Waals surface area contributed by atoms with Crippen LogP contribution in [0.1, 0.15) is 25.3 Å². The van der Waals surface area contributed by atoms with E-state index in [9.17, 15) is 0 Å². The maximum Gasteiger partial charge on any atom is 0.0397 e. The molecule has 16 heavy (non-hydrogen) atoms. The lowest BCUT2D eigenvalue weighted by molar-refractivity contribution is 0.796. The molecule has 2 rings (SSSR count). The molecule has 0 amide bonds. The van der Waals surface area contributed by atoms with Gasteiger partial charge in [-0.1, -0.05) is 25.5 Å². The maximum atomic E-state index is 6.04. The van der Waals surface area contributed by atoms with Crippen LogP contribution in [0.25, 0.3) is 10.8 Å². The first kappa shape index (κ1) is 10.8. The van der Waals surface area contributed by atoms with E-state index in [4.69, 9.17) is 11.5 Å². The topological polar surface area (TPSA) is 52.0 Å². The smallest absolute Gasteiger partial charge is 0.0397 e. The minimum Gasteiger partial charge on any atom is -0.399 e. The molecule has 0 radical (unpaired) electrons. The fraction of sp³-hybridized carbons (Fsp3) is 0.286. The van der Waals surface area contributed by atoms with Crippen molar-refractivity contribution in [3.63, 3.8) is 0 Å². The van der Waals surface area contributed by atoms with Gasteiger partial charge in [-0.3, -0.25) is 0 Å². The summed E-state index contributed by atoms with van der Waals surface area (Å²) in [5.41, 5.74) is 14.7. The SMILES string of the molecule is CCCCc1cc(N)c2cc(N)ccc2c1. The number of nitrogens with two attached hydrogens (primary N) is 2. The van der Waals surface area contributed by atoms with Crippen molar-refractivity contribution in [2.24, 2.45) is 0 Å². The van der Waals surface area contributed by atoms with Gasteiger partial charge in [-0.05, 0) is 42.0 Å². The Labute approximate surface area is 96.3 Å². The number of aryl methyl sites for hydroxylation is 1. The van der Waals surface area contributed by atoms with Crippen LogP contribution in [-0.4, -0.2) is 0 Å². The Morgan fingerprint density at radius 1 is 1.06 bits per heavy atom. The van der Waals surface area contributed by atoms with Gasteiger partial charge in [0.1, 0.15) is 0 Å². The number of anilines is 2. The monoisotopic (exact) mass is 214 g/mol. The van der Waals surface area contributed by atoms with Crippen LogP contribution >= 0.6 is 0 Å². The fourth-order valence-electron chi connectivity index (χ4n) is 1.99. The summed E-state index contributed by atoms with van der Waals surface area (Å²) in [5.74, 6) is 0. The Morgan fingerprint density at radius 3 is 2.62 bits per heavy atom. The third-order valence-electron chi connectivity index (χ3n) is 2.89. The van der Waals surface area contributed by atoms with Gasteiger partial charge in [-0.25, -0.2) is 0 Å². The lowest BCUT2D eigenvalue weighted by atomic mass is 10.0. The van der Waals surface area contributed by atoms with Crippen LogP contribution in [0, 0.1) is 0 Å². The van der Waals surface area contributed by atoms with Crippen LogP contribution < -0.4 is 11.5 Å². The number of benzene rings is 2. The summed E-state index contributed by atoms with van der Waals surface area (Å²) in [6.07, 6.45) is 3.51. The summed E-state index contributed by atoms with van der Waals surface area (Å²) in [4.78, 5) is 0. The van der Waals surface area contributed by atoms with Gasteiger partial charge < -0.3 is 11.5 Å². The normalized spacial score (nSPS) is 10.8. The maximum absolute atomic E-state index is 6.04. The van der Waals surface area contributed by atoms with Crippen molar-refractivity contribution in [3.05, 3.63) is 35.9 Å². The number of hydrogen-bond acceptors (Lipinski definition) is 2. The third kappa shape index (κ3) is 2.11. The van der Waals surface area contributed by atoms with Crippen molar-refractivity contribution in [2.45, 2.75) is 26.2 Å². The molecular formula is C14H18N2. The van der Waals surface area contributed by atoms with E-state index in [1.54, 1.807) is 0 Å². The zero-order valence-corrected chi connectivity index (χ0v) is 9.66. The molecule has 2 nitrogen and oxygen atoms in total. The van der Waals surface area contributed by atoms with Crippen molar-refractivity contribution >= 4 is 22.1 Å². The molecule has 0 heterocycles. The third-order valence-corrected chi connectivity index (χ3v) is 2.89. The second-order valence-corrected chi connectivity index (χ2v) is 4.27. The Balaban J connectivity index is 2.46. The average Bonchev–Trinajstić information content (AvgIpc) is 2.27. The minimum atomic E-state index is 0.764. The van der Waals surface area contributed by atoms with E-state index >= 15 is 0 Å². The fourth-order valence-corrected chi connectivity index (χ4v) is 1.99. The minimum absolute atomic E-state index is 0.764. The van der Waals surface area contributed by atoms with Gasteiger partial charge >= 0.3 is 0 Å². The first-order chi connectivity index (χ1) is 7.70. The second-order valence-electron chi connectivity index (χ2n) is 4.27. The number of unbranched alkanes of at least 4 members (excludes halogenated alkanes) is 1. The molecule has 0 saturated carbocycles. The summed E-state index contributed by atoms with van der Waals surface area (Å²) in [5, 5.41) is 2.24. The molecule has 0 aliphatic rings. The Kier molecular flexibility index (Phi) is 3.00. The molecule has 0 aromatic heterocycles. The van der Waals surface area contributed by atoms with Crippen molar-refractivity contribution in [3.8, 4) is 0 Å². The van der Waals surface area contributed by atoms with Gasteiger partial charge in [0.25, 0.3) is 0 Å². The molecular weight excluding hydrogens is 196 g/mol. The standard InChI is InChI=1S/C14H18N2/c1-2-3-4-10-7-11-5-6-12(15)9-13(11)14(16)8-10/h5-9H,2-4,15-16H2,1H3. The number of nitrogen functional groups attached to an aromatic ring is 2. The van der Waals surface area contributed by atoms with Crippen LogP contribution in [0.5, 0.6) is 0 Å². The molecule has 0 fully saturated rings. The highest BCUT2D eigenvalue weighted by atomic mass is 14.6. The van der Waals surface area contributed by atoms with E-state index in [1.807, 2.05) is 18.2 Å². The first-order valence-electron chi connectivity index (χ1n) is 5.78. The van der Waals surface area contributed by atoms with Crippen molar-refractivity contribution < 1.29 is 0 Å². The number of fused-ring (bicyclic) bond motifs is 1. The molecule has 2 heteroatoms. The molecule has 0 aliphatic heterocycles. The molecule has 0 saturated heterocycles. The molecule has 0 bridgehead atoms. The van der Waals surface area contributed by atoms with Gasteiger partial charge in [0.2, 0.25) is 0 Å². The van der Waals surface area contributed by atoms with Gasteiger partial charge in [-0.2, -0.15) is 0 Å². The van der Waals surface area contributed by atoms with Crippen LogP contribution in [0.15, 0.2) is 30.3 Å². The van der Waals surface area contributed by atoms with E-state index in [1.165, 1.54) is 23.8 Å². The number of hydrogen-bond donors (Lipinski definition) is 2. The lowest BCUT2D eigenvalue weighted by Crippen LogP contribution is -1.93. The zero-order valence-electron chi connectivity index (χ0n) is 9.66. The van der Waals surface area contributed by atoms with Crippen molar-refractivity contribution in [1.82, 2.24) is 0 Å². The molecule has 0 atom stereocenters. The summed E-state index contributed by atoms with van der Waals surface area (Å²) >= 11 is 0. The average molecular weight is 214 g/mol. The molecule has 0 aliphatic carbocycles. The van der Waals surface area contributed by atoms with E-state index in [0.29, 0.717) is 0 Å². The van der Waals surface area contributed by atoms with Gasteiger partial charge in [0.15, 0.2) is 0 Å². The molecule has 0 unspecified atom stereocenters. The van der Waals surface area contributed by atoms with E-state index in [2.05, 4.69) is 19.1 Å². The highest BCUT2D eigenvalue weighted by molar-refractivity contribution is 5.95. The summed E-state index contributed by atoms with van der Waals surface area (Å²) in [6.45, 7) is 2.20. The summed E-state index contributed by atoms with van der Waals surface area (Å²) in [6, 6.07) is 10.2. The van der Waals surface area contributed by atoms with Crippen molar-refractivity contribution in [2.75, 3.05) is 11.5 Å². The van der Waals surface area contributed by atoms with E-state index < -0.39 is 0 Å². The lowest BCUT2D eigenvalue weighted by Gasteiger charge is -2.07. The predicted molar refractivity (Wildman–Crippen MR) is 71.4 cm³/mol. The Morgan fingerprint density at radius 2 is 1.88 bits per heavy atom. The van der Waals surface area contributed by atoms with Gasteiger partial charge in [0, 0.05) is 16.8 Å². The summed E-state index contributed by atoms with van der Waals surface area (Å²) in [7, 11) is 0. The van der Waals surface area contributed by atoms with Crippen LogP contribution in [0.2, 0.25) is 0 Å². The Hall–Kier alpha value is -1.70. The predicted octanol–water partition coefficient (Wildman–Crippen LogP) is 3.35. The molecule has 4 N–H and O–H groups in total. The van der Waals surface area contributed by atoms with Gasteiger partial charge in [0.05, 0.1) is 0 Å². The van der Waals surface area contributed by atoms with Crippen LogP contribution in [0.3, 0.4) is 0 Å². The highest BCUT2D eigenvalue weighted by Crippen LogP contribution is 2.26. The van der Waals surface area contributed by atoms with E-state index in [-0.39, 0.29) is 0 Å². The Bertz CT molecular complexity index is 503. The largest absolute Gasteiger partial charge is 0.399 e.